The Kier molecular flexibility index (Phi) is 2.55. The van der Waals surface area contributed by atoms with Crippen LogP contribution in [0.25, 0.3) is 5.82 Å². The molecule has 0 atom stereocenters. The quantitative estimate of drug-likeness (QED) is 0.786. The van der Waals surface area contributed by atoms with Gasteiger partial charge in [-0.2, -0.15) is 5.10 Å². The number of aromatic amines is 1. The van der Waals surface area contributed by atoms with Crippen molar-refractivity contribution in [1.82, 2.24) is 19.7 Å². The second-order valence-corrected chi connectivity index (χ2v) is 4.82. The highest BCUT2D eigenvalue weighted by molar-refractivity contribution is 7.71. The van der Waals surface area contributed by atoms with Gasteiger partial charge in [0.1, 0.15) is 10.5 Å². The average Bonchev–Trinajstić information content (AvgIpc) is 2.68. The number of nitrogens with one attached hydrogen (secondary N) is 1. The van der Waals surface area contributed by atoms with Crippen LogP contribution < -0.4 is 0 Å². The van der Waals surface area contributed by atoms with Gasteiger partial charge in [0, 0.05) is 11.8 Å². The molecule has 88 valence electrons. The Labute approximate surface area is 105 Å². The standard InChI is InChI=1S/C12H14N4S/c1-8-9-4-2-3-5-10(9)16(15-8)11-6-12(17)14-7-13-11/h6-7H,2-5H2,1H3,(H,13,14,17). The van der Waals surface area contributed by atoms with Crippen molar-refractivity contribution in [2.45, 2.75) is 32.6 Å². The zero-order valence-corrected chi connectivity index (χ0v) is 10.5. The molecular formula is C12H14N4S. The summed E-state index contributed by atoms with van der Waals surface area (Å²) in [6.45, 7) is 2.08. The summed E-state index contributed by atoms with van der Waals surface area (Å²) in [4.78, 5) is 7.11. The first-order valence-electron chi connectivity index (χ1n) is 5.88. The number of hydrogen-bond donors (Lipinski definition) is 1. The predicted molar refractivity (Wildman–Crippen MR) is 67.9 cm³/mol. The molecule has 0 fully saturated rings. The molecule has 17 heavy (non-hydrogen) atoms. The highest BCUT2D eigenvalue weighted by Crippen LogP contribution is 2.25. The van der Waals surface area contributed by atoms with Gasteiger partial charge in [0.15, 0.2) is 0 Å². The summed E-state index contributed by atoms with van der Waals surface area (Å²) >= 11 is 5.09. The van der Waals surface area contributed by atoms with Gasteiger partial charge in [0.25, 0.3) is 0 Å². The largest absolute Gasteiger partial charge is 0.331 e. The first-order chi connectivity index (χ1) is 8.25. The van der Waals surface area contributed by atoms with Crippen LogP contribution in [0.5, 0.6) is 0 Å². The van der Waals surface area contributed by atoms with Gasteiger partial charge in [-0.15, -0.1) is 0 Å². The van der Waals surface area contributed by atoms with E-state index < -0.39 is 0 Å². The van der Waals surface area contributed by atoms with Gasteiger partial charge < -0.3 is 4.98 Å². The van der Waals surface area contributed by atoms with Crippen LogP contribution in [-0.2, 0) is 12.8 Å². The zero-order valence-electron chi connectivity index (χ0n) is 9.73. The van der Waals surface area contributed by atoms with Crippen LogP contribution >= 0.6 is 12.2 Å². The number of hydrogen-bond acceptors (Lipinski definition) is 3. The van der Waals surface area contributed by atoms with Gasteiger partial charge >= 0.3 is 0 Å². The Hall–Kier alpha value is -1.49. The summed E-state index contributed by atoms with van der Waals surface area (Å²) < 4.78 is 2.58. The minimum atomic E-state index is 0.594. The fourth-order valence-electron chi connectivity index (χ4n) is 2.46. The third-order valence-corrected chi connectivity index (χ3v) is 3.50. The molecule has 2 aromatic heterocycles. The molecule has 2 heterocycles. The van der Waals surface area contributed by atoms with Crippen molar-refractivity contribution in [3.63, 3.8) is 0 Å². The zero-order chi connectivity index (χ0) is 11.8. The van der Waals surface area contributed by atoms with Crippen LogP contribution in [0.15, 0.2) is 12.4 Å². The Morgan fingerprint density at radius 1 is 1.35 bits per heavy atom. The van der Waals surface area contributed by atoms with E-state index in [1.54, 1.807) is 6.33 Å². The maximum absolute atomic E-state index is 5.09. The van der Waals surface area contributed by atoms with E-state index in [0.29, 0.717) is 4.64 Å². The summed E-state index contributed by atoms with van der Waals surface area (Å²) in [5.41, 5.74) is 3.87. The molecule has 0 unspecified atom stereocenters. The van der Waals surface area contributed by atoms with E-state index in [9.17, 15) is 0 Å². The normalized spacial score (nSPS) is 14.6. The summed E-state index contributed by atoms with van der Waals surface area (Å²) in [6.07, 6.45) is 6.38. The van der Waals surface area contributed by atoms with Gasteiger partial charge in [-0.25, -0.2) is 9.67 Å². The second-order valence-electron chi connectivity index (χ2n) is 4.40. The van der Waals surface area contributed by atoms with E-state index in [1.807, 2.05) is 10.7 Å². The minimum absolute atomic E-state index is 0.594. The van der Waals surface area contributed by atoms with E-state index in [1.165, 1.54) is 24.1 Å². The van der Waals surface area contributed by atoms with Gasteiger partial charge in [-0.3, -0.25) is 0 Å². The van der Waals surface area contributed by atoms with E-state index in [-0.39, 0.29) is 0 Å². The van der Waals surface area contributed by atoms with Crippen LogP contribution in [0.1, 0.15) is 29.8 Å². The Morgan fingerprint density at radius 3 is 3.00 bits per heavy atom. The van der Waals surface area contributed by atoms with E-state index in [0.717, 1.165) is 24.4 Å². The molecule has 0 aromatic carbocycles. The number of aromatic nitrogens is 4. The van der Waals surface area contributed by atoms with Crippen LogP contribution in [0.4, 0.5) is 0 Å². The van der Waals surface area contributed by atoms with E-state index in [4.69, 9.17) is 12.2 Å². The Morgan fingerprint density at radius 2 is 2.18 bits per heavy atom. The fourth-order valence-corrected chi connectivity index (χ4v) is 2.63. The molecule has 0 saturated heterocycles. The highest BCUT2D eigenvalue weighted by atomic mass is 32.1. The van der Waals surface area contributed by atoms with E-state index >= 15 is 0 Å². The minimum Gasteiger partial charge on any atom is -0.331 e. The lowest BCUT2D eigenvalue weighted by atomic mass is 9.96. The summed E-state index contributed by atoms with van der Waals surface area (Å²) in [5.74, 6) is 0.913. The topological polar surface area (TPSA) is 46.5 Å². The maximum Gasteiger partial charge on any atom is 0.135 e. The van der Waals surface area contributed by atoms with Crippen molar-refractivity contribution < 1.29 is 0 Å². The molecule has 0 aliphatic heterocycles. The van der Waals surface area contributed by atoms with Gasteiger partial charge in [-0.1, -0.05) is 12.2 Å². The smallest absolute Gasteiger partial charge is 0.135 e. The van der Waals surface area contributed by atoms with Gasteiger partial charge in [0.2, 0.25) is 0 Å². The van der Waals surface area contributed by atoms with Gasteiger partial charge in [0.05, 0.1) is 12.0 Å². The first-order valence-corrected chi connectivity index (χ1v) is 6.29. The number of nitrogens with zero attached hydrogens (tertiary/aromatic N) is 3. The Balaban J connectivity index is 2.18. The monoisotopic (exact) mass is 246 g/mol. The lowest BCUT2D eigenvalue weighted by Gasteiger charge is -2.13. The van der Waals surface area contributed by atoms with Crippen LogP contribution in [0, 0.1) is 11.6 Å². The molecule has 4 nitrogen and oxygen atoms in total. The van der Waals surface area contributed by atoms with Crippen LogP contribution in [0.3, 0.4) is 0 Å². The molecule has 0 saturated carbocycles. The molecule has 1 N–H and O–H groups in total. The van der Waals surface area contributed by atoms with Crippen LogP contribution in [-0.4, -0.2) is 19.7 Å². The molecule has 1 aliphatic carbocycles. The summed E-state index contributed by atoms with van der Waals surface area (Å²) in [6, 6.07) is 1.86. The second kappa shape index (κ2) is 4.07. The van der Waals surface area contributed by atoms with Crippen molar-refractivity contribution in [3.05, 3.63) is 34.0 Å². The predicted octanol–water partition coefficient (Wildman–Crippen LogP) is 2.51. The number of H-pyrrole nitrogens is 1. The van der Waals surface area contributed by atoms with Crippen LogP contribution in [0.2, 0.25) is 0 Å². The van der Waals surface area contributed by atoms with Crippen molar-refractivity contribution in [3.8, 4) is 5.82 Å². The third kappa shape index (κ3) is 1.80. The third-order valence-electron chi connectivity index (χ3n) is 3.27. The van der Waals surface area contributed by atoms with Crippen molar-refractivity contribution >= 4 is 12.2 Å². The molecule has 0 bridgehead atoms. The molecule has 2 aromatic rings. The SMILES string of the molecule is Cc1nn(-c2cc(=S)nc[nH]2)c2c1CCCC2. The first kappa shape index (κ1) is 10.7. The lowest BCUT2D eigenvalue weighted by Crippen LogP contribution is -2.09. The molecule has 0 radical (unpaired) electrons. The molecular weight excluding hydrogens is 232 g/mol. The molecule has 1 aliphatic rings. The van der Waals surface area contributed by atoms with Crippen molar-refractivity contribution in [2.75, 3.05) is 0 Å². The fraction of sp³-hybridized carbons (Fsp3) is 0.417. The number of rotatable bonds is 1. The van der Waals surface area contributed by atoms with Gasteiger partial charge in [-0.05, 0) is 38.2 Å². The Bertz CT molecular complexity index is 611. The number of fused-ring (bicyclic) bond motifs is 1. The van der Waals surface area contributed by atoms with Crippen molar-refractivity contribution in [1.29, 1.82) is 0 Å². The highest BCUT2D eigenvalue weighted by Gasteiger charge is 2.19. The molecule has 0 amide bonds. The molecule has 0 spiro atoms. The average molecular weight is 246 g/mol. The summed E-state index contributed by atoms with van der Waals surface area (Å²) in [5, 5.41) is 4.61. The summed E-state index contributed by atoms with van der Waals surface area (Å²) in [7, 11) is 0. The lowest BCUT2D eigenvalue weighted by molar-refractivity contribution is 0.648. The molecule has 5 heteroatoms. The van der Waals surface area contributed by atoms with Crippen molar-refractivity contribution in [2.24, 2.45) is 0 Å². The van der Waals surface area contributed by atoms with E-state index in [2.05, 4.69) is 22.0 Å². The molecule has 3 rings (SSSR count). The maximum atomic E-state index is 5.09. The number of aryl methyl sites for hydroxylation is 1.